The van der Waals surface area contributed by atoms with Gasteiger partial charge in [-0.1, -0.05) is 12.1 Å². The van der Waals surface area contributed by atoms with Crippen LogP contribution in [-0.2, 0) is 0 Å². The van der Waals surface area contributed by atoms with Gasteiger partial charge in [-0.2, -0.15) is 0 Å². The summed E-state index contributed by atoms with van der Waals surface area (Å²) in [5.41, 5.74) is 4.44. The van der Waals surface area contributed by atoms with Crippen molar-refractivity contribution < 1.29 is 14.6 Å². The fourth-order valence-corrected chi connectivity index (χ4v) is 4.76. The number of ether oxygens (including phenoxy) is 2. The molecule has 1 aliphatic carbocycles. The van der Waals surface area contributed by atoms with Crippen LogP contribution in [0.15, 0.2) is 46.3 Å². The van der Waals surface area contributed by atoms with Gasteiger partial charge in [-0.05, 0) is 62.3 Å². The number of benzene rings is 2. The van der Waals surface area contributed by atoms with Crippen LogP contribution in [0.4, 0.5) is 0 Å². The molecule has 1 fully saturated rings. The number of rotatable bonds is 5. The molecule has 2 aromatic rings. The van der Waals surface area contributed by atoms with Crippen molar-refractivity contribution in [1.82, 2.24) is 0 Å². The number of aliphatic hydroxyl groups excluding tert-OH is 1. The van der Waals surface area contributed by atoms with Crippen molar-refractivity contribution in [2.75, 3.05) is 20.0 Å². The molecule has 2 aliphatic rings. The number of aliphatic imine (C=N–C) groups is 1. The summed E-state index contributed by atoms with van der Waals surface area (Å²) in [7, 11) is 1.67. The van der Waals surface area contributed by atoms with Crippen molar-refractivity contribution in [2.24, 2.45) is 4.99 Å². The van der Waals surface area contributed by atoms with E-state index in [2.05, 4.69) is 42.7 Å². The molecule has 3 unspecified atom stereocenters. The quantitative estimate of drug-likeness (QED) is 0.746. The van der Waals surface area contributed by atoms with Crippen LogP contribution in [0, 0.1) is 0 Å². The fourth-order valence-electron chi connectivity index (χ4n) is 4.35. The topological polar surface area (TPSA) is 51.0 Å². The minimum absolute atomic E-state index is 0.203. The van der Waals surface area contributed by atoms with Crippen molar-refractivity contribution in [2.45, 2.75) is 49.1 Å². The lowest BCUT2D eigenvalue weighted by molar-refractivity contribution is 0.111. The van der Waals surface area contributed by atoms with E-state index in [-0.39, 0.29) is 18.1 Å². The average Bonchev–Trinajstić information content (AvgIpc) is 2.73. The summed E-state index contributed by atoms with van der Waals surface area (Å²) in [4.78, 5) is 6.40. The molecule has 28 heavy (non-hydrogen) atoms. The Hall–Kier alpha value is -1.98. The highest BCUT2D eigenvalue weighted by Crippen LogP contribution is 2.45. The smallest absolute Gasteiger partial charge is 0.161 e. The molecule has 1 N–H and O–H groups in total. The van der Waals surface area contributed by atoms with Gasteiger partial charge in [0.25, 0.3) is 0 Å². The maximum absolute atomic E-state index is 10.3. The SMILES string of the molecule is CCOc1cc2c(cc1OC)C(c1ccc(SC)cc1)=NC1CCC(O)CC21. The summed E-state index contributed by atoms with van der Waals surface area (Å²) < 4.78 is 11.5. The van der Waals surface area contributed by atoms with Crippen LogP contribution in [0.3, 0.4) is 0 Å². The molecule has 0 amide bonds. The van der Waals surface area contributed by atoms with E-state index in [9.17, 15) is 5.11 Å². The summed E-state index contributed by atoms with van der Waals surface area (Å²) >= 11 is 1.74. The van der Waals surface area contributed by atoms with E-state index < -0.39 is 0 Å². The molecule has 5 heteroatoms. The second-order valence-corrected chi connectivity index (χ2v) is 8.25. The number of nitrogens with zero attached hydrogens (tertiary/aromatic N) is 1. The Morgan fingerprint density at radius 3 is 2.61 bits per heavy atom. The van der Waals surface area contributed by atoms with E-state index in [1.807, 2.05) is 6.92 Å². The molecular weight excluding hydrogens is 370 g/mol. The number of methoxy groups -OCH3 is 1. The first-order valence-electron chi connectivity index (χ1n) is 9.90. The molecule has 3 atom stereocenters. The number of hydrogen-bond acceptors (Lipinski definition) is 5. The average molecular weight is 398 g/mol. The molecule has 1 heterocycles. The van der Waals surface area contributed by atoms with Crippen molar-refractivity contribution in [3.63, 3.8) is 0 Å². The third kappa shape index (κ3) is 3.53. The van der Waals surface area contributed by atoms with Crippen molar-refractivity contribution in [3.8, 4) is 11.5 Å². The van der Waals surface area contributed by atoms with Crippen LogP contribution in [-0.4, -0.2) is 42.9 Å². The number of thioether (sulfide) groups is 1. The van der Waals surface area contributed by atoms with E-state index in [1.54, 1.807) is 18.9 Å². The van der Waals surface area contributed by atoms with Crippen LogP contribution in [0.2, 0.25) is 0 Å². The minimum Gasteiger partial charge on any atom is -0.493 e. The van der Waals surface area contributed by atoms with E-state index >= 15 is 0 Å². The number of hydrogen-bond donors (Lipinski definition) is 1. The molecular formula is C23H27NO3S. The van der Waals surface area contributed by atoms with Gasteiger partial charge in [-0.3, -0.25) is 4.99 Å². The lowest BCUT2D eigenvalue weighted by atomic mass is 9.74. The standard InChI is InChI=1S/C23H27NO3S/c1-4-27-22-12-17-18-11-15(25)7-10-20(18)24-23(19(17)13-21(22)26-2)14-5-8-16(28-3)9-6-14/h5-6,8-9,12-13,15,18,20,25H,4,7,10-11H2,1-3H3. The Balaban J connectivity index is 1.85. The fraction of sp³-hybridized carbons (Fsp3) is 0.435. The maximum Gasteiger partial charge on any atom is 0.161 e. The lowest BCUT2D eigenvalue weighted by Crippen LogP contribution is -2.34. The Kier molecular flexibility index (Phi) is 5.65. The highest BCUT2D eigenvalue weighted by molar-refractivity contribution is 7.98. The molecule has 148 valence electrons. The van der Waals surface area contributed by atoms with Crippen LogP contribution in [0.1, 0.15) is 48.8 Å². The van der Waals surface area contributed by atoms with Gasteiger partial charge in [0.1, 0.15) is 0 Å². The van der Waals surface area contributed by atoms with Gasteiger partial charge < -0.3 is 14.6 Å². The first-order chi connectivity index (χ1) is 13.6. The Morgan fingerprint density at radius 1 is 1.14 bits per heavy atom. The summed E-state index contributed by atoms with van der Waals surface area (Å²) in [5, 5.41) is 10.3. The first kappa shape index (κ1) is 19.3. The van der Waals surface area contributed by atoms with E-state index in [0.717, 1.165) is 47.6 Å². The summed E-state index contributed by atoms with van der Waals surface area (Å²) in [6.45, 7) is 2.56. The number of fused-ring (bicyclic) bond motifs is 3. The number of aliphatic hydroxyl groups is 1. The third-order valence-electron chi connectivity index (χ3n) is 5.73. The van der Waals surface area contributed by atoms with Crippen molar-refractivity contribution in [1.29, 1.82) is 0 Å². The zero-order valence-electron chi connectivity index (χ0n) is 16.6. The third-order valence-corrected chi connectivity index (χ3v) is 6.48. The van der Waals surface area contributed by atoms with Gasteiger partial charge in [0.05, 0.1) is 31.6 Å². The Bertz CT molecular complexity index is 878. The van der Waals surface area contributed by atoms with Gasteiger partial charge in [-0.15, -0.1) is 11.8 Å². The highest BCUT2D eigenvalue weighted by Gasteiger charge is 2.37. The normalized spacial score (nSPS) is 23.4. The molecule has 4 nitrogen and oxygen atoms in total. The van der Waals surface area contributed by atoms with Crippen molar-refractivity contribution in [3.05, 3.63) is 53.1 Å². The lowest BCUT2D eigenvalue weighted by Gasteiger charge is -2.37. The molecule has 0 saturated heterocycles. The van der Waals surface area contributed by atoms with Crippen LogP contribution >= 0.6 is 11.8 Å². The van der Waals surface area contributed by atoms with E-state index in [4.69, 9.17) is 14.5 Å². The molecule has 1 saturated carbocycles. The second-order valence-electron chi connectivity index (χ2n) is 7.37. The Labute approximate surface area is 171 Å². The molecule has 0 radical (unpaired) electrons. The molecule has 1 aliphatic heterocycles. The minimum atomic E-state index is -0.260. The largest absolute Gasteiger partial charge is 0.493 e. The molecule has 2 aromatic carbocycles. The van der Waals surface area contributed by atoms with Crippen LogP contribution in [0.5, 0.6) is 11.5 Å². The van der Waals surface area contributed by atoms with Gasteiger partial charge >= 0.3 is 0 Å². The summed E-state index contributed by atoms with van der Waals surface area (Å²) in [6.07, 6.45) is 4.29. The van der Waals surface area contributed by atoms with Gasteiger partial charge in [0.2, 0.25) is 0 Å². The second kappa shape index (κ2) is 8.18. The molecule has 0 aromatic heterocycles. The molecule has 4 rings (SSSR count). The molecule has 0 spiro atoms. The van der Waals surface area contributed by atoms with Gasteiger partial charge in [-0.25, -0.2) is 0 Å². The van der Waals surface area contributed by atoms with Gasteiger partial charge in [0, 0.05) is 21.9 Å². The highest BCUT2D eigenvalue weighted by atomic mass is 32.2. The van der Waals surface area contributed by atoms with Crippen LogP contribution < -0.4 is 9.47 Å². The Morgan fingerprint density at radius 2 is 1.93 bits per heavy atom. The molecule has 0 bridgehead atoms. The van der Waals surface area contributed by atoms with E-state index in [0.29, 0.717) is 6.61 Å². The van der Waals surface area contributed by atoms with Crippen LogP contribution in [0.25, 0.3) is 0 Å². The zero-order chi connectivity index (χ0) is 19.7. The summed E-state index contributed by atoms with van der Waals surface area (Å²) in [6, 6.07) is 13.0. The zero-order valence-corrected chi connectivity index (χ0v) is 17.5. The summed E-state index contributed by atoms with van der Waals surface area (Å²) in [5.74, 6) is 1.71. The first-order valence-corrected chi connectivity index (χ1v) is 11.1. The monoisotopic (exact) mass is 397 g/mol. The maximum atomic E-state index is 10.3. The van der Waals surface area contributed by atoms with E-state index in [1.165, 1.54) is 10.5 Å². The predicted molar refractivity (Wildman–Crippen MR) is 114 cm³/mol. The predicted octanol–water partition coefficient (Wildman–Crippen LogP) is 4.66. The van der Waals surface area contributed by atoms with Crippen molar-refractivity contribution >= 4 is 17.5 Å². The van der Waals surface area contributed by atoms with Gasteiger partial charge in [0.15, 0.2) is 11.5 Å².